The molecule has 0 saturated heterocycles. The number of aryl methyl sites for hydroxylation is 1. The van der Waals surface area contributed by atoms with E-state index in [-0.39, 0.29) is 12.2 Å². The van der Waals surface area contributed by atoms with E-state index in [1.165, 1.54) is 19.5 Å². The highest BCUT2D eigenvalue weighted by Crippen LogP contribution is 2.23. The molecule has 2 rings (SSSR count). The van der Waals surface area contributed by atoms with Gasteiger partial charge in [-0.05, 0) is 18.2 Å². The van der Waals surface area contributed by atoms with Crippen LogP contribution in [0.4, 0.5) is 5.69 Å². The first-order valence-corrected chi connectivity index (χ1v) is 5.55. The van der Waals surface area contributed by atoms with Gasteiger partial charge >= 0.3 is 5.97 Å². The lowest BCUT2D eigenvalue weighted by atomic mass is 10.2. The van der Waals surface area contributed by atoms with Gasteiger partial charge in [-0.25, -0.2) is 9.78 Å². The van der Waals surface area contributed by atoms with Gasteiger partial charge in [-0.3, -0.25) is 4.68 Å². The lowest BCUT2D eigenvalue weighted by Gasteiger charge is -2.10. The van der Waals surface area contributed by atoms with Crippen molar-refractivity contribution in [3.05, 3.63) is 35.9 Å². The number of ether oxygens (including phenoxy) is 2. The maximum Gasteiger partial charge on any atom is 0.341 e. The molecule has 0 saturated carbocycles. The number of aromatic nitrogens is 3. The van der Waals surface area contributed by atoms with Crippen molar-refractivity contribution in [1.29, 1.82) is 0 Å². The van der Waals surface area contributed by atoms with Gasteiger partial charge in [0, 0.05) is 12.7 Å². The van der Waals surface area contributed by atoms with Crippen LogP contribution in [0, 0.1) is 0 Å². The quantitative estimate of drug-likeness (QED) is 0.646. The Kier molecular flexibility index (Phi) is 3.65. The second-order valence-electron chi connectivity index (χ2n) is 3.84. The van der Waals surface area contributed by atoms with Gasteiger partial charge in [0.15, 0.2) is 5.82 Å². The summed E-state index contributed by atoms with van der Waals surface area (Å²) >= 11 is 0. The van der Waals surface area contributed by atoms with Gasteiger partial charge in [0.25, 0.3) is 0 Å². The van der Waals surface area contributed by atoms with Crippen molar-refractivity contribution in [2.45, 2.75) is 6.61 Å². The maximum atomic E-state index is 11.6. The van der Waals surface area contributed by atoms with Crippen LogP contribution < -0.4 is 10.5 Å². The zero-order valence-corrected chi connectivity index (χ0v) is 10.7. The zero-order valence-electron chi connectivity index (χ0n) is 10.7. The molecule has 0 amide bonds. The first-order chi connectivity index (χ1) is 9.11. The predicted molar refractivity (Wildman–Crippen MR) is 67.5 cm³/mol. The zero-order chi connectivity index (χ0) is 13.8. The molecule has 0 radical (unpaired) electrons. The molecule has 0 fully saturated rings. The molecule has 2 N–H and O–H groups in total. The molecule has 0 aliphatic carbocycles. The standard InChI is InChI=1S/C12H14N4O3/c1-16-11(14-7-15-16)6-19-10-4-3-8(13)5-9(10)12(17)18-2/h3-5,7H,6,13H2,1-2H3. The van der Waals surface area contributed by atoms with E-state index in [4.69, 9.17) is 10.5 Å². The molecule has 1 aromatic heterocycles. The first kappa shape index (κ1) is 12.9. The molecule has 0 unspecified atom stereocenters. The molecular weight excluding hydrogens is 248 g/mol. The second-order valence-corrected chi connectivity index (χ2v) is 3.84. The number of nitrogens with two attached hydrogens (primary N) is 1. The van der Waals surface area contributed by atoms with Crippen LogP contribution in [0.1, 0.15) is 16.2 Å². The van der Waals surface area contributed by atoms with Crippen molar-refractivity contribution >= 4 is 11.7 Å². The molecule has 1 heterocycles. The molecule has 0 aliphatic heterocycles. The van der Waals surface area contributed by atoms with E-state index in [9.17, 15) is 4.79 Å². The molecule has 0 aliphatic rings. The van der Waals surface area contributed by atoms with Crippen LogP contribution in [0.15, 0.2) is 24.5 Å². The van der Waals surface area contributed by atoms with Crippen LogP contribution in [0.5, 0.6) is 5.75 Å². The van der Waals surface area contributed by atoms with Crippen LogP contribution >= 0.6 is 0 Å². The molecule has 0 atom stereocenters. The summed E-state index contributed by atoms with van der Waals surface area (Å²) in [6.07, 6.45) is 1.43. The highest BCUT2D eigenvalue weighted by Gasteiger charge is 2.14. The number of rotatable bonds is 4. The van der Waals surface area contributed by atoms with Crippen molar-refractivity contribution in [2.75, 3.05) is 12.8 Å². The van der Waals surface area contributed by atoms with E-state index in [0.29, 0.717) is 17.3 Å². The summed E-state index contributed by atoms with van der Waals surface area (Å²) in [5.41, 5.74) is 6.39. The summed E-state index contributed by atoms with van der Waals surface area (Å²) in [7, 11) is 3.06. The Labute approximate surface area is 110 Å². The Morgan fingerprint density at radius 3 is 2.89 bits per heavy atom. The number of hydrogen-bond acceptors (Lipinski definition) is 6. The minimum absolute atomic E-state index is 0.199. The number of esters is 1. The van der Waals surface area contributed by atoms with Crippen molar-refractivity contribution in [3.8, 4) is 5.75 Å². The Balaban J connectivity index is 2.20. The summed E-state index contributed by atoms with van der Waals surface area (Å²) in [4.78, 5) is 15.7. The monoisotopic (exact) mass is 262 g/mol. The van der Waals surface area contributed by atoms with Crippen LogP contribution in [0.3, 0.4) is 0 Å². The van der Waals surface area contributed by atoms with E-state index >= 15 is 0 Å². The van der Waals surface area contributed by atoms with Gasteiger partial charge in [-0.15, -0.1) is 0 Å². The summed E-state index contributed by atoms with van der Waals surface area (Å²) in [5.74, 6) is 0.539. The number of nitrogen functional groups attached to an aromatic ring is 1. The van der Waals surface area contributed by atoms with Crippen molar-refractivity contribution in [2.24, 2.45) is 7.05 Å². The normalized spacial score (nSPS) is 10.2. The second kappa shape index (κ2) is 5.38. The van der Waals surface area contributed by atoms with E-state index in [0.717, 1.165) is 0 Å². The number of nitrogens with zero attached hydrogens (tertiary/aromatic N) is 3. The Bertz CT molecular complexity index is 594. The lowest BCUT2D eigenvalue weighted by molar-refractivity contribution is 0.0595. The number of methoxy groups -OCH3 is 1. The molecule has 0 bridgehead atoms. The largest absolute Gasteiger partial charge is 0.485 e. The van der Waals surface area contributed by atoms with E-state index in [2.05, 4.69) is 14.8 Å². The van der Waals surface area contributed by atoms with Gasteiger partial charge in [-0.1, -0.05) is 0 Å². The van der Waals surface area contributed by atoms with Crippen LogP contribution in [-0.2, 0) is 18.4 Å². The number of anilines is 1. The Hall–Kier alpha value is -2.57. The number of carbonyl (C=O) groups excluding carboxylic acids is 1. The van der Waals surface area contributed by atoms with Gasteiger partial charge in [-0.2, -0.15) is 5.10 Å². The SMILES string of the molecule is COC(=O)c1cc(N)ccc1OCc1ncnn1C. The summed E-state index contributed by atoms with van der Waals surface area (Å²) in [5, 5.41) is 3.93. The molecule has 7 heteroatoms. The highest BCUT2D eigenvalue weighted by atomic mass is 16.5. The fourth-order valence-electron chi connectivity index (χ4n) is 1.54. The maximum absolute atomic E-state index is 11.6. The van der Waals surface area contributed by atoms with E-state index in [1.54, 1.807) is 23.9 Å². The summed E-state index contributed by atoms with van der Waals surface area (Å²) < 4.78 is 11.8. The Morgan fingerprint density at radius 2 is 2.26 bits per heavy atom. The van der Waals surface area contributed by atoms with Crippen molar-refractivity contribution in [3.63, 3.8) is 0 Å². The average molecular weight is 262 g/mol. The summed E-state index contributed by atoms with van der Waals surface area (Å²) in [6, 6.07) is 4.79. The smallest absolute Gasteiger partial charge is 0.341 e. The van der Waals surface area contributed by atoms with Gasteiger partial charge in [0.1, 0.15) is 24.2 Å². The number of carbonyl (C=O) groups is 1. The van der Waals surface area contributed by atoms with Gasteiger partial charge in [0.05, 0.1) is 7.11 Å². The third-order valence-corrected chi connectivity index (χ3v) is 2.57. The third-order valence-electron chi connectivity index (χ3n) is 2.57. The number of benzene rings is 1. The van der Waals surface area contributed by atoms with E-state index in [1.807, 2.05) is 0 Å². The molecule has 0 spiro atoms. The van der Waals surface area contributed by atoms with Crippen LogP contribution in [-0.4, -0.2) is 27.8 Å². The van der Waals surface area contributed by atoms with Crippen molar-refractivity contribution in [1.82, 2.24) is 14.8 Å². The van der Waals surface area contributed by atoms with Crippen LogP contribution in [0.2, 0.25) is 0 Å². The fraction of sp³-hybridized carbons (Fsp3) is 0.250. The van der Waals surface area contributed by atoms with E-state index < -0.39 is 5.97 Å². The topological polar surface area (TPSA) is 92.3 Å². The fourth-order valence-corrected chi connectivity index (χ4v) is 1.54. The molecule has 100 valence electrons. The highest BCUT2D eigenvalue weighted by molar-refractivity contribution is 5.93. The van der Waals surface area contributed by atoms with Crippen LogP contribution in [0.25, 0.3) is 0 Å². The molecule has 2 aromatic rings. The molecule has 19 heavy (non-hydrogen) atoms. The average Bonchev–Trinajstić information content (AvgIpc) is 2.82. The third kappa shape index (κ3) is 2.82. The molecule has 7 nitrogen and oxygen atoms in total. The number of hydrogen-bond donors (Lipinski definition) is 1. The first-order valence-electron chi connectivity index (χ1n) is 5.55. The molecule has 1 aromatic carbocycles. The minimum Gasteiger partial charge on any atom is -0.485 e. The minimum atomic E-state index is -0.500. The predicted octanol–water partition coefficient (Wildman–Crippen LogP) is 0.763. The van der Waals surface area contributed by atoms with Gasteiger partial charge < -0.3 is 15.2 Å². The summed E-state index contributed by atoms with van der Waals surface area (Å²) in [6.45, 7) is 0.199. The lowest BCUT2D eigenvalue weighted by Crippen LogP contribution is -2.09. The molecular formula is C12H14N4O3. The van der Waals surface area contributed by atoms with Crippen molar-refractivity contribution < 1.29 is 14.3 Å². The Morgan fingerprint density at radius 1 is 1.47 bits per heavy atom. The van der Waals surface area contributed by atoms with Gasteiger partial charge in [0.2, 0.25) is 0 Å².